The van der Waals surface area contributed by atoms with E-state index < -0.39 is 16.8 Å². The Bertz CT molecular complexity index is 3130. The minimum atomic E-state index is -1.64. The lowest BCUT2D eigenvalue weighted by Gasteiger charge is -2.23. The first-order valence-corrected chi connectivity index (χ1v) is 27.5. The highest BCUT2D eigenvalue weighted by molar-refractivity contribution is 7.57. The maximum Gasteiger partial charge on any atom is 0.326 e. The molecule has 366 valence electrons. The number of aryl methyl sites for hydroxylation is 8. The topological polar surface area (TPSA) is 36.9 Å². The van der Waals surface area contributed by atoms with E-state index in [1.54, 1.807) is 0 Å². The van der Waals surface area contributed by atoms with Crippen LogP contribution in [0.25, 0.3) is 55.6 Å². The van der Waals surface area contributed by atoms with Crippen molar-refractivity contribution in [3.63, 3.8) is 0 Å². The molecule has 0 radical (unpaired) electrons. The maximum atomic E-state index is 7.08. The lowest BCUT2D eigenvalue weighted by atomic mass is 9.98. The molecule has 0 spiro atoms. The Morgan fingerprint density at radius 3 is 0.649 bits per heavy atom. The van der Waals surface area contributed by atoms with Gasteiger partial charge in [0.1, 0.15) is 23.0 Å². The van der Waals surface area contributed by atoms with Crippen molar-refractivity contribution in [2.45, 2.75) is 55.4 Å². The van der Waals surface area contributed by atoms with Crippen molar-refractivity contribution in [3.05, 3.63) is 263 Å². The molecule has 10 rings (SSSR count). The summed E-state index contributed by atoms with van der Waals surface area (Å²) in [6.45, 7) is 17.1. The number of benzene rings is 10. The van der Waals surface area contributed by atoms with Crippen molar-refractivity contribution < 1.29 is 18.1 Å². The van der Waals surface area contributed by atoms with Gasteiger partial charge >= 0.3 is 16.8 Å². The van der Waals surface area contributed by atoms with Gasteiger partial charge < -0.3 is 18.1 Å². The highest BCUT2D eigenvalue weighted by atomic mass is 31.2. The second kappa shape index (κ2) is 22.2. The van der Waals surface area contributed by atoms with Gasteiger partial charge in [0.2, 0.25) is 0 Å². The molecule has 10 aromatic carbocycles. The van der Waals surface area contributed by atoms with E-state index in [1.165, 1.54) is 22.3 Å². The summed E-state index contributed by atoms with van der Waals surface area (Å²) in [6, 6.07) is 76.7. The van der Waals surface area contributed by atoms with Crippen molar-refractivity contribution in [3.8, 4) is 78.6 Å². The summed E-state index contributed by atoms with van der Waals surface area (Å²) < 4.78 is 28.3. The van der Waals surface area contributed by atoms with E-state index in [0.29, 0.717) is 0 Å². The van der Waals surface area contributed by atoms with E-state index in [9.17, 15) is 0 Å². The third kappa shape index (κ3) is 11.1. The third-order valence-corrected chi connectivity index (χ3v) is 16.5. The van der Waals surface area contributed by atoms with Crippen LogP contribution in [0, 0.1) is 55.4 Å². The molecule has 4 nitrogen and oxygen atoms in total. The predicted molar refractivity (Wildman–Crippen MR) is 313 cm³/mol. The van der Waals surface area contributed by atoms with Crippen molar-refractivity contribution in [1.82, 2.24) is 0 Å². The quantitative estimate of drug-likeness (QED) is 0.0959. The third-order valence-electron chi connectivity index (χ3n) is 13.6. The van der Waals surface area contributed by atoms with Gasteiger partial charge in [-0.25, -0.2) is 0 Å². The van der Waals surface area contributed by atoms with Gasteiger partial charge in [-0.3, -0.25) is 0 Å². The van der Waals surface area contributed by atoms with Crippen LogP contribution in [0.5, 0.6) is 23.0 Å². The molecule has 0 fully saturated rings. The Morgan fingerprint density at radius 2 is 0.432 bits per heavy atom. The van der Waals surface area contributed by atoms with E-state index in [2.05, 4.69) is 250 Å². The molecule has 0 aliphatic carbocycles. The van der Waals surface area contributed by atoms with Crippen LogP contribution in [-0.4, -0.2) is 0 Å². The summed E-state index contributed by atoms with van der Waals surface area (Å²) in [7, 11) is -3.28. The van der Waals surface area contributed by atoms with E-state index in [0.717, 1.165) is 111 Å². The zero-order valence-corrected chi connectivity index (χ0v) is 45.1. The van der Waals surface area contributed by atoms with E-state index in [-0.39, 0.29) is 0 Å². The van der Waals surface area contributed by atoms with Crippen LogP contribution in [0.4, 0.5) is 0 Å². The van der Waals surface area contributed by atoms with Crippen LogP contribution >= 0.6 is 16.8 Å². The molecule has 10 aromatic rings. The molecule has 0 N–H and O–H groups in total. The first kappa shape index (κ1) is 49.8. The molecule has 0 heterocycles. The van der Waals surface area contributed by atoms with Crippen molar-refractivity contribution >= 4 is 27.4 Å². The van der Waals surface area contributed by atoms with Crippen LogP contribution in [-0.2, 0) is 0 Å². The second-order valence-electron chi connectivity index (χ2n) is 19.2. The predicted octanol–water partition coefficient (Wildman–Crippen LogP) is 18.7. The highest BCUT2D eigenvalue weighted by Gasteiger charge is 2.25. The Balaban J connectivity index is 0.989. The van der Waals surface area contributed by atoms with Gasteiger partial charge in [-0.15, -0.1) is 0 Å². The molecule has 0 saturated carbocycles. The number of rotatable bonds is 15. The Labute approximate surface area is 440 Å². The smallest absolute Gasteiger partial charge is 0.326 e. The standard InChI is InChI=1S/C68H60O4P2/c1-45-37-49(5)65(41-61(45)55-21-13-9-14-22-55)69-73(70-66-42-62(46(2)38-50(66)6)56-23-15-10-16-24-56)59-33-29-53(30-34-59)54-31-35-60(36-32-54)74(71-67-43-63(47(3)39-51(67)7)57-25-17-11-18-26-57)72-68-44-64(48(4)40-52(68)8)58-27-19-12-20-28-58/h9-44H,1-8H3. The van der Waals surface area contributed by atoms with Crippen molar-refractivity contribution in [2.75, 3.05) is 0 Å². The molecule has 6 heteroatoms. The largest absolute Gasteiger partial charge is 0.435 e. The molecular formula is C68H60O4P2. The summed E-state index contributed by atoms with van der Waals surface area (Å²) in [6.07, 6.45) is 0. The normalized spacial score (nSPS) is 11.2. The molecule has 0 aliphatic heterocycles. The second-order valence-corrected chi connectivity index (χ2v) is 22.0. The van der Waals surface area contributed by atoms with Gasteiger partial charge in [0.05, 0.1) is 10.6 Å². The summed E-state index contributed by atoms with van der Waals surface area (Å²) in [5, 5.41) is 1.92. The minimum absolute atomic E-state index is 0.795. The monoisotopic (exact) mass is 1000 g/mol. The van der Waals surface area contributed by atoms with E-state index >= 15 is 0 Å². The van der Waals surface area contributed by atoms with Crippen LogP contribution in [0.1, 0.15) is 44.5 Å². The lowest BCUT2D eigenvalue weighted by Crippen LogP contribution is -2.12. The number of hydrogen-bond donors (Lipinski definition) is 0. The Morgan fingerprint density at radius 1 is 0.216 bits per heavy atom. The molecule has 0 aliphatic rings. The van der Waals surface area contributed by atoms with Gasteiger partial charge in [0, 0.05) is 0 Å². The summed E-state index contributed by atoms with van der Waals surface area (Å²) in [4.78, 5) is 0. The molecule has 0 unspecified atom stereocenters. The van der Waals surface area contributed by atoms with Gasteiger partial charge in [-0.1, -0.05) is 170 Å². The van der Waals surface area contributed by atoms with Crippen molar-refractivity contribution in [1.29, 1.82) is 0 Å². The molecular weight excluding hydrogens is 943 g/mol. The minimum Gasteiger partial charge on any atom is -0.435 e. The first-order chi connectivity index (χ1) is 35.9. The van der Waals surface area contributed by atoms with Crippen LogP contribution in [0.3, 0.4) is 0 Å². The molecule has 0 atom stereocenters. The van der Waals surface area contributed by atoms with Crippen LogP contribution in [0.2, 0.25) is 0 Å². The molecule has 0 bridgehead atoms. The molecule has 0 amide bonds. The Hall–Kier alpha value is -7.74. The summed E-state index contributed by atoms with van der Waals surface area (Å²) in [5.74, 6) is 3.18. The maximum absolute atomic E-state index is 7.08. The average Bonchev–Trinajstić information content (AvgIpc) is 3.42. The van der Waals surface area contributed by atoms with Crippen LogP contribution in [0.15, 0.2) is 218 Å². The fourth-order valence-electron chi connectivity index (χ4n) is 9.59. The Kier molecular flexibility index (Phi) is 14.9. The van der Waals surface area contributed by atoms with Gasteiger partial charge in [0.25, 0.3) is 0 Å². The average molecular weight is 1000 g/mol. The fraction of sp³-hybridized carbons (Fsp3) is 0.118. The van der Waals surface area contributed by atoms with E-state index in [4.69, 9.17) is 18.1 Å². The summed E-state index contributed by atoms with van der Waals surface area (Å²) >= 11 is 0. The molecule has 74 heavy (non-hydrogen) atoms. The van der Waals surface area contributed by atoms with Crippen LogP contribution < -0.4 is 28.7 Å². The van der Waals surface area contributed by atoms with Gasteiger partial charge in [-0.2, -0.15) is 0 Å². The van der Waals surface area contributed by atoms with Crippen molar-refractivity contribution in [2.24, 2.45) is 0 Å². The van der Waals surface area contributed by atoms with Gasteiger partial charge in [-0.05, 0) is 204 Å². The highest BCUT2D eigenvalue weighted by Crippen LogP contribution is 2.47. The lowest BCUT2D eigenvalue weighted by molar-refractivity contribution is 0.497. The van der Waals surface area contributed by atoms with Gasteiger partial charge in [0.15, 0.2) is 0 Å². The fourth-order valence-corrected chi connectivity index (χ4v) is 12.4. The molecule has 0 saturated heterocycles. The number of hydrogen-bond acceptors (Lipinski definition) is 4. The molecule has 0 aromatic heterocycles. The van der Waals surface area contributed by atoms with E-state index in [1.807, 2.05) is 24.3 Å². The zero-order chi connectivity index (χ0) is 51.3. The SMILES string of the molecule is Cc1cc(C)c(-c2ccccc2)cc1OP(Oc1cc(-c2ccccc2)c(C)cc1C)c1ccc(-c2ccc(P(Oc3cc(-c4ccccc4)c(C)cc3C)Oc3cc(-c4ccccc4)c(C)cc3C)cc2)cc1. The summed E-state index contributed by atoms with van der Waals surface area (Å²) in [5.41, 5.74) is 20.2. The first-order valence-electron chi connectivity index (χ1n) is 25.1. The zero-order valence-electron chi connectivity index (χ0n) is 43.3.